The molecular formula is C62H93NO6P2. The third-order valence-corrected chi connectivity index (χ3v) is 16.1. The average molecular weight is 1010 g/mol. The van der Waals surface area contributed by atoms with Crippen LogP contribution in [0.5, 0.6) is 0 Å². The Kier molecular flexibility index (Phi) is 15.2. The summed E-state index contributed by atoms with van der Waals surface area (Å²) in [7, 11) is -3.74. The first-order chi connectivity index (χ1) is 32.0. The van der Waals surface area contributed by atoms with Crippen LogP contribution in [-0.2, 0) is 43.3 Å². The highest BCUT2D eigenvalue weighted by atomic mass is 31.1. The third-order valence-electron chi connectivity index (χ3n) is 14.0. The number of rotatable bonds is 8. The van der Waals surface area contributed by atoms with Gasteiger partial charge in [-0.05, 0) is 110 Å². The molecule has 0 radical (unpaired) electrons. The first-order valence-electron chi connectivity index (χ1n) is 26.1. The van der Waals surface area contributed by atoms with Gasteiger partial charge in [0.05, 0.1) is 13.2 Å². The Balaban J connectivity index is 1.42. The summed E-state index contributed by atoms with van der Waals surface area (Å²) >= 11 is 0. The Morgan fingerprint density at radius 2 is 0.521 bits per heavy atom. The monoisotopic (exact) mass is 1010 g/mol. The zero-order chi connectivity index (χ0) is 53.6. The Labute approximate surface area is 431 Å². The van der Waals surface area contributed by atoms with Crippen LogP contribution in [-0.4, -0.2) is 18.8 Å². The second-order valence-corrected chi connectivity index (χ2v) is 31.4. The van der Waals surface area contributed by atoms with Crippen molar-refractivity contribution in [1.29, 1.82) is 0 Å². The van der Waals surface area contributed by atoms with Gasteiger partial charge in [0.15, 0.2) is 0 Å². The van der Waals surface area contributed by atoms with Crippen molar-refractivity contribution in [2.24, 2.45) is 5.73 Å². The summed E-state index contributed by atoms with van der Waals surface area (Å²) in [5, 5.41) is 4.19. The van der Waals surface area contributed by atoms with Crippen LogP contribution in [0.4, 0.5) is 0 Å². The Bertz CT molecular complexity index is 2630. The lowest BCUT2D eigenvalue weighted by atomic mass is 9.77. The van der Waals surface area contributed by atoms with Crippen molar-refractivity contribution in [3.8, 4) is 0 Å². The summed E-state index contributed by atoms with van der Waals surface area (Å²) in [5.41, 5.74) is 18.2. The maximum Gasteiger partial charge on any atom is 0.387 e. The number of hydrogen-bond donors (Lipinski definition) is 1. The van der Waals surface area contributed by atoms with E-state index in [2.05, 4.69) is 222 Å². The van der Waals surface area contributed by atoms with Gasteiger partial charge in [-0.25, -0.2) is 0 Å². The second kappa shape index (κ2) is 19.0. The topological polar surface area (TPSA) is 97.0 Å². The molecule has 2 N–H and O–H groups in total. The molecule has 0 saturated heterocycles. The van der Waals surface area contributed by atoms with Gasteiger partial charge in [-0.15, -0.1) is 0 Å². The van der Waals surface area contributed by atoms with Crippen molar-refractivity contribution in [2.45, 2.75) is 235 Å². The first-order valence-corrected chi connectivity index (χ1v) is 28.3. The molecule has 6 aromatic rings. The highest BCUT2D eigenvalue weighted by Gasteiger charge is 2.32. The molecule has 6 rings (SSSR count). The van der Waals surface area contributed by atoms with Crippen LogP contribution in [0.3, 0.4) is 0 Å². The lowest BCUT2D eigenvalue weighted by Crippen LogP contribution is -2.39. The normalized spacial score (nSPS) is 14.1. The largest absolute Gasteiger partial charge is 0.399 e. The van der Waals surface area contributed by atoms with E-state index in [4.69, 9.17) is 31.6 Å². The van der Waals surface area contributed by atoms with E-state index in [-0.39, 0.29) is 43.3 Å². The molecule has 392 valence electrons. The maximum atomic E-state index is 7.16. The van der Waals surface area contributed by atoms with Crippen molar-refractivity contribution in [3.63, 3.8) is 0 Å². The fraction of sp³-hybridized carbons (Fsp3) is 0.613. The zero-order valence-corrected chi connectivity index (χ0v) is 50.7. The van der Waals surface area contributed by atoms with Crippen LogP contribution in [0.1, 0.15) is 230 Å². The molecule has 0 fully saturated rings. The Morgan fingerprint density at radius 3 is 0.690 bits per heavy atom. The number of fused-ring (bicyclic) bond motifs is 6. The first kappa shape index (κ1) is 56.8. The summed E-state index contributed by atoms with van der Waals surface area (Å²) in [6.45, 7) is 57.1. The highest BCUT2D eigenvalue weighted by Crippen LogP contribution is 2.48. The van der Waals surface area contributed by atoms with E-state index >= 15 is 0 Å². The molecule has 2 aromatic heterocycles. The SMILES string of the molecule is CC(N)(CCOp1oc2c(C(C)(C)C)cc(C(C)(C)C)cc2c2cc(C(C)(C)C)cc(C(C)(C)C)c2o1)CCOp1oc2c(C(C)(C)C)cc(C(C)(C)C)cc2c2cc(C(C)(C)C)cc(C(C)(C)C)c2o1. The quantitative estimate of drug-likeness (QED) is 0.162. The predicted octanol–water partition coefficient (Wildman–Crippen LogP) is 19.3. The minimum Gasteiger partial charge on any atom is -0.399 e. The Morgan fingerprint density at radius 1 is 0.324 bits per heavy atom. The lowest BCUT2D eigenvalue weighted by Gasteiger charge is -2.27. The average Bonchev–Trinajstić information content (AvgIpc) is 3.43. The van der Waals surface area contributed by atoms with Crippen LogP contribution in [0.25, 0.3) is 43.9 Å². The van der Waals surface area contributed by atoms with Gasteiger partial charge >= 0.3 is 16.5 Å². The minimum atomic E-state index is -1.87. The molecular weight excluding hydrogens is 917 g/mol. The molecule has 71 heavy (non-hydrogen) atoms. The second-order valence-electron chi connectivity index (χ2n) is 29.2. The van der Waals surface area contributed by atoms with Gasteiger partial charge in [0.1, 0.15) is 22.3 Å². The summed E-state index contributed by atoms with van der Waals surface area (Å²) in [6, 6.07) is 18.6. The summed E-state index contributed by atoms with van der Waals surface area (Å²) in [5.74, 6) is 0. The molecule has 9 heteroatoms. The molecule has 0 bridgehead atoms. The van der Waals surface area contributed by atoms with Crippen molar-refractivity contribution < 1.29 is 25.8 Å². The highest BCUT2D eigenvalue weighted by molar-refractivity contribution is 7.32. The van der Waals surface area contributed by atoms with Crippen LogP contribution in [0.2, 0.25) is 0 Å². The van der Waals surface area contributed by atoms with Gasteiger partial charge in [0.25, 0.3) is 0 Å². The number of nitrogens with two attached hydrogens (primary N) is 1. The molecule has 0 spiro atoms. The van der Waals surface area contributed by atoms with Gasteiger partial charge in [0.2, 0.25) is 0 Å². The van der Waals surface area contributed by atoms with Crippen molar-refractivity contribution in [2.75, 3.05) is 13.2 Å². The molecule has 7 nitrogen and oxygen atoms in total. The standard InChI is InChI=1S/C62H93NO6P2/c1-54(2,3)38-30-42-43-31-39(55(4,5)6)35-47(59(16,17)18)51(43)67-70(66-50(42)46(34-38)58(13,14)15)64-28-26-62(25,63)27-29-65-71-68-52-44(32-40(56(7,8)9)36-48(52)60(19,20)21)45-33-41(57(10,11)12)37-49(53(45)69-71)61(22,23)24/h30-37H,26-29,63H2,1-25H3. The Hall–Kier alpha value is -3.44. The molecule has 2 heterocycles. The summed E-state index contributed by atoms with van der Waals surface area (Å²) in [6.07, 6.45) is 1.09. The van der Waals surface area contributed by atoms with Gasteiger partial charge in [-0.1, -0.05) is 190 Å². The number of benzene rings is 4. The maximum absolute atomic E-state index is 7.16. The van der Waals surface area contributed by atoms with E-state index < -0.39 is 22.0 Å². The summed E-state index contributed by atoms with van der Waals surface area (Å²) < 4.78 is 41.7. The smallest absolute Gasteiger partial charge is 0.387 e. The van der Waals surface area contributed by atoms with Crippen LogP contribution in [0, 0.1) is 0 Å². The van der Waals surface area contributed by atoms with Gasteiger partial charge in [-0.2, -0.15) is 0 Å². The molecule has 0 aliphatic rings. The molecule has 4 aromatic carbocycles. The van der Waals surface area contributed by atoms with E-state index in [9.17, 15) is 0 Å². The van der Waals surface area contributed by atoms with Crippen LogP contribution >= 0.6 is 16.5 Å². The predicted molar refractivity (Wildman–Crippen MR) is 307 cm³/mol. The molecule has 0 saturated carbocycles. The van der Waals surface area contributed by atoms with E-state index in [1.165, 1.54) is 22.3 Å². The molecule has 0 unspecified atom stereocenters. The fourth-order valence-electron chi connectivity index (χ4n) is 8.94. The van der Waals surface area contributed by atoms with Crippen molar-refractivity contribution in [3.05, 3.63) is 93.0 Å². The van der Waals surface area contributed by atoms with Gasteiger partial charge < -0.3 is 22.5 Å². The lowest BCUT2D eigenvalue weighted by molar-refractivity contribution is 0.262. The minimum absolute atomic E-state index is 0.0883. The zero-order valence-electron chi connectivity index (χ0n) is 48.9. The van der Waals surface area contributed by atoms with Gasteiger partial charge in [-0.3, -0.25) is 9.05 Å². The van der Waals surface area contributed by atoms with E-state index in [1.54, 1.807) is 0 Å². The number of hydrogen-bond acceptors (Lipinski definition) is 7. The fourth-order valence-corrected chi connectivity index (χ4v) is 11.1. The van der Waals surface area contributed by atoms with Crippen LogP contribution < -0.4 is 14.8 Å². The van der Waals surface area contributed by atoms with E-state index in [1.807, 2.05) is 0 Å². The molecule has 0 aliphatic heterocycles. The molecule has 0 amide bonds. The van der Waals surface area contributed by atoms with Crippen LogP contribution in [0.15, 0.2) is 65.3 Å². The molecule has 0 aliphatic carbocycles. The third kappa shape index (κ3) is 12.9. The summed E-state index contributed by atoms with van der Waals surface area (Å²) in [4.78, 5) is 0. The van der Waals surface area contributed by atoms with Crippen molar-refractivity contribution in [1.82, 2.24) is 0 Å². The molecule has 0 atom stereocenters. The van der Waals surface area contributed by atoms with Crippen molar-refractivity contribution >= 4 is 60.4 Å². The van der Waals surface area contributed by atoms with E-state index in [0.29, 0.717) is 26.1 Å². The van der Waals surface area contributed by atoms with Gasteiger partial charge in [0, 0.05) is 49.3 Å². The van der Waals surface area contributed by atoms with E-state index in [0.717, 1.165) is 66.1 Å².